The highest BCUT2D eigenvalue weighted by molar-refractivity contribution is 5.04. The van der Waals surface area contributed by atoms with E-state index in [2.05, 4.69) is 37.4 Å². The second kappa shape index (κ2) is 5.21. The van der Waals surface area contributed by atoms with Crippen LogP contribution in [0.2, 0.25) is 0 Å². The summed E-state index contributed by atoms with van der Waals surface area (Å²) in [6.07, 6.45) is 8.08. The number of aromatic nitrogens is 2. The Balaban J connectivity index is 1.74. The van der Waals surface area contributed by atoms with Crippen LogP contribution in [-0.4, -0.2) is 16.3 Å². The maximum absolute atomic E-state index is 4.35. The lowest BCUT2D eigenvalue weighted by molar-refractivity contribution is 0.338. The minimum Gasteiger partial charge on any atom is -0.312 e. The molecule has 0 aliphatic heterocycles. The molecular formula is C14H25N3. The lowest BCUT2D eigenvalue weighted by Gasteiger charge is -2.19. The zero-order chi connectivity index (χ0) is 12.3. The fourth-order valence-electron chi connectivity index (χ4n) is 2.42. The van der Waals surface area contributed by atoms with Crippen LogP contribution < -0.4 is 5.32 Å². The van der Waals surface area contributed by atoms with Crippen molar-refractivity contribution in [3.05, 3.63) is 18.0 Å². The van der Waals surface area contributed by atoms with Gasteiger partial charge in [-0.05, 0) is 30.6 Å². The van der Waals surface area contributed by atoms with Gasteiger partial charge in [-0.1, -0.05) is 20.8 Å². The maximum Gasteiger partial charge on any atom is 0.0534 e. The van der Waals surface area contributed by atoms with Crippen LogP contribution in [-0.2, 0) is 13.1 Å². The molecule has 96 valence electrons. The molecule has 0 saturated heterocycles. The number of nitrogens with zero attached hydrogens (tertiary/aromatic N) is 2. The van der Waals surface area contributed by atoms with E-state index < -0.39 is 0 Å². The van der Waals surface area contributed by atoms with Gasteiger partial charge in [-0.2, -0.15) is 5.10 Å². The SMILES string of the molecule is CCCn1cc(CNCC2(C(C)C)CC2)cn1. The Morgan fingerprint density at radius 2 is 2.24 bits per heavy atom. The molecule has 1 N–H and O–H groups in total. The Bertz CT molecular complexity index is 350. The minimum atomic E-state index is 0.597. The van der Waals surface area contributed by atoms with Crippen molar-refractivity contribution in [2.75, 3.05) is 6.54 Å². The summed E-state index contributed by atoms with van der Waals surface area (Å²) in [5, 5.41) is 7.94. The molecule has 3 nitrogen and oxygen atoms in total. The molecule has 3 heteroatoms. The quantitative estimate of drug-likeness (QED) is 0.787. The van der Waals surface area contributed by atoms with Gasteiger partial charge in [0.1, 0.15) is 0 Å². The first-order chi connectivity index (χ1) is 8.16. The monoisotopic (exact) mass is 235 g/mol. The maximum atomic E-state index is 4.35. The van der Waals surface area contributed by atoms with Crippen molar-refractivity contribution in [3.63, 3.8) is 0 Å². The first-order valence-corrected chi connectivity index (χ1v) is 6.88. The Labute approximate surface area is 105 Å². The summed E-state index contributed by atoms with van der Waals surface area (Å²) in [5.74, 6) is 0.804. The fourth-order valence-corrected chi connectivity index (χ4v) is 2.42. The fraction of sp³-hybridized carbons (Fsp3) is 0.786. The number of hydrogen-bond acceptors (Lipinski definition) is 2. The summed E-state index contributed by atoms with van der Waals surface area (Å²) in [6, 6.07) is 0. The zero-order valence-corrected chi connectivity index (χ0v) is 11.4. The molecule has 1 aliphatic rings. The third kappa shape index (κ3) is 3.09. The minimum absolute atomic E-state index is 0.597. The van der Waals surface area contributed by atoms with Gasteiger partial charge in [0.15, 0.2) is 0 Å². The zero-order valence-electron chi connectivity index (χ0n) is 11.4. The van der Waals surface area contributed by atoms with Crippen LogP contribution in [0.25, 0.3) is 0 Å². The molecule has 1 aliphatic carbocycles. The summed E-state index contributed by atoms with van der Waals surface area (Å²) in [7, 11) is 0. The first kappa shape index (κ1) is 12.6. The average Bonchev–Trinajstić information content (AvgIpc) is 2.95. The van der Waals surface area contributed by atoms with Crippen molar-refractivity contribution in [1.82, 2.24) is 15.1 Å². The van der Waals surface area contributed by atoms with E-state index in [0.717, 1.165) is 32.0 Å². The lowest BCUT2D eigenvalue weighted by Crippen LogP contribution is -2.27. The van der Waals surface area contributed by atoms with E-state index in [1.165, 1.54) is 18.4 Å². The Morgan fingerprint density at radius 3 is 2.82 bits per heavy atom. The van der Waals surface area contributed by atoms with Crippen molar-refractivity contribution in [1.29, 1.82) is 0 Å². The van der Waals surface area contributed by atoms with Crippen molar-refractivity contribution in [2.45, 2.75) is 53.1 Å². The molecule has 2 rings (SSSR count). The van der Waals surface area contributed by atoms with E-state index in [9.17, 15) is 0 Å². The van der Waals surface area contributed by atoms with Gasteiger partial charge < -0.3 is 5.32 Å². The van der Waals surface area contributed by atoms with Crippen molar-refractivity contribution >= 4 is 0 Å². The number of aryl methyl sites for hydroxylation is 1. The molecule has 0 atom stereocenters. The van der Waals surface area contributed by atoms with Gasteiger partial charge in [-0.15, -0.1) is 0 Å². The third-order valence-corrected chi connectivity index (χ3v) is 4.06. The van der Waals surface area contributed by atoms with Crippen LogP contribution in [0.3, 0.4) is 0 Å². The molecule has 0 spiro atoms. The standard InChI is InChI=1S/C14H25N3/c1-4-7-17-10-13(9-16-17)8-15-11-14(5-6-14)12(2)3/h9-10,12,15H,4-8,11H2,1-3H3. The van der Waals surface area contributed by atoms with Crippen LogP contribution in [0.15, 0.2) is 12.4 Å². The molecule has 0 bridgehead atoms. The van der Waals surface area contributed by atoms with Gasteiger partial charge in [-0.3, -0.25) is 4.68 Å². The summed E-state index contributed by atoms with van der Waals surface area (Å²) in [4.78, 5) is 0. The molecule has 17 heavy (non-hydrogen) atoms. The number of hydrogen-bond donors (Lipinski definition) is 1. The molecular weight excluding hydrogens is 210 g/mol. The van der Waals surface area contributed by atoms with E-state index in [4.69, 9.17) is 0 Å². The highest BCUT2D eigenvalue weighted by atomic mass is 15.3. The summed E-state index contributed by atoms with van der Waals surface area (Å²) in [6.45, 7) is 10.00. The Hall–Kier alpha value is -0.830. The summed E-state index contributed by atoms with van der Waals surface area (Å²) in [5.41, 5.74) is 1.90. The second-order valence-corrected chi connectivity index (χ2v) is 5.73. The molecule has 1 aromatic heterocycles. The molecule has 1 saturated carbocycles. The predicted octanol–water partition coefficient (Wildman–Crippen LogP) is 2.82. The van der Waals surface area contributed by atoms with E-state index >= 15 is 0 Å². The Morgan fingerprint density at radius 1 is 1.47 bits per heavy atom. The molecule has 0 radical (unpaired) electrons. The van der Waals surface area contributed by atoms with E-state index in [1.807, 2.05) is 10.9 Å². The van der Waals surface area contributed by atoms with Crippen molar-refractivity contribution in [3.8, 4) is 0 Å². The molecule has 1 fully saturated rings. The van der Waals surface area contributed by atoms with Gasteiger partial charge in [0.05, 0.1) is 6.20 Å². The number of rotatable bonds is 7. The summed E-state index contributed by atoms with van der Waals surface area (Å²) < 4.78 is 2.03. The highest BCUT2D eigenvalue weighted by Crippen LogP contribution is 2.51. The normalized spacial score (nSPS) is 17.6. The predicted molar refractivity (Wildman–Crippen MR) is 70.7 cm³/mol. The van der Waals surface area contributed by atoms with E-state index in [0.29, 0.717) is 5.41 Å². The van der Waals surface area contributed by atoms with Gasteiger partial charge in [0.25, 0.3) is 0 Å². The van der Waals surface area contributed by atoms with Crippen molar-refractivity contribution in [2.24, 2.45) is 11.3 Å². The summed E-state index contributed by atoms with van der Waals surface area (Å²) >= 11 is 0. The molecule has 0 amide bonds. The lowest BCUT2D eigenvalue weighted by atomic mass is 9.92. The highest BCUT2D eigenvalue weighted by Gasteiger charge is 2.44. The van der Waals surface area contributed by atoms with Gasteiger partial charge in [0, 0.05) is 31.4 Å². The molecule has 0 unspecified atom stereocenters. The van der Waals surface area contributed by atoms with E-state index in [-0.39, 0.29) is 0 Å². The van der Waals surface area contributed by atoms with Gasteiger partial charge >= 0.3 is 0 Å². The Kier molecular flexibility index (Phi) is 3.87. The van der Waals surface area contributed by atoms with Crippen LogP contribution >= 0.6 is 0 Å². The van der Waals surface area contributed by atoms with Gasteiger partial charge in [0.2, 0.25) is 0 Å². The van der Waals surface area contributed by atoms with E-state index in [1.54, 1.807) is 0 Å². The largest absolute Gasteiger partial charge is 0.312 e. The number of nitrogens with one attached hydrogen (secondary N) is 1. The average molecular weight is 235 g/mol. The van der Waals surface area contributed by atoms with Crippen LogP contribution in [0, 0.1) is 11.3 Å². The first-order valence-electron chi connectivity index (χ1n) is 6.88. The van der Waals surface area contributed by atoms with Crippen molar-refractivity contribution < 1.29 is 0 Å². The smallest absolute Gasteiger partial charge is 0.0534 e. The molecule has 1 aromatic rings. The molecule has 0 aromatic carbocycles. The van der Waals surface area contributed by atoms with Gasteiger partial charge in [-0.25, -0.2) is 0 Å². The second-order valence-electron chi connectivity index (χ2n) is 5.73. The van der Waals surface area contributed by atoms with Crippen LogP contribution in [0.5, 0.6) is 0 Å². The van der Waals surface area contributed by atoms with Crippen LogP contribution in [0.1, 0.15) is 45.6 Å². The topological polar surface area (TPSA) is 29.9 Å². The van der Waals surface area contributed by atoms with Crippen LogP contribution in [0.4, 0.5) is 0 Å². The third-order valence-electron chi connectivity index (χ3n) is 4.06. The molecule has 1 heterocycles.